The zero-order valence-electron chi connectivity index (χ0n) is 14.4. The van der Waals surface area contributed by atoms with Crippen molar-refractivity contribution in [2.24, 2.45) is 0 Å². The van der Waals surface area contributed by atoms with Crippen LogP contribution < -0.4 is 5.32 Å². The Bertz CT molecular complexity index is 474. The van der Waals surface area contributed by atoms with Gasteiger partial charge in [-0.05, 0) is 53.2 Å². The molecule has 2 rings (SSSR count). The summed E-state index contributed by atoms with van der Waals surface area (Å²) in [5.41, 5.74) is 1.38. The minimum absolute atomic E-state index is 0.119. The van der Waals surface area contributed by atoms with Crippen LogP contribution in [0.3, 0.4) is 0 Å². The van der Waals surface area contributed by atoms with Crippen molar-refractivity contribution in [2.45, 2.75) is 64.9 Å². The number of furan rings is 1. The molecule has 0 radical (unpaired) electrons. The second-order valence-corrected chi connectivity index (χ2v) is 9.54. The molecule has 0 spiro atoms. The lowest BCUT2D eigenvalue weighted by molar-refractivity contribution is 0.229. The minimum atomic E-state index is 0.119. The van der Waals surface area contributed by atoms with Crippen LogP contribution in [0.2, 0.25) is 0 Å². The van der Waals surface area contributed by atoms with Gasteiger partial charge in [-0.15, -0.1) is 0 Å². The van der Waals surface area contributed by atoms with E-state index < -0.39 is 0 Å². The highest BCUT2D eigenvalue weighted by molar-refractivity contribution is 8.00. The Morgan fingerprint density at radius 3 is 2.71 bits per heavy atom. The second kappa shape index (κ2) is 6.35. The van der Waals surface area contributed by atoms with Crippen LogP contribution in [-0.2, 0) is 13.1 Å². The molecule has 4 heteroatoms. The van der Waals surface area contributed by atoms with Crippen LogP contribution in [0.15, 0.2) is 10.5 Å². The Balaban J connectivity index is 1.95. The molecule has 1 fully saturated rings. The number of hydrogen-bond acceptors (Lipinski definition) is 4. The van der Waals surface area contributed by atoms with Gasteiger partial charge < -0.3 is 9.73 Å². The van der Waals surface area contributed by atoms with Crippen molar-refractivity contribution in [3.8, 4) is 0 Å². The van der Waals surface area contributed by atoms with E-state index in [1.165, 1.54) is 11.3 Å². The third kappa shape index (κ3) is 5.35. The van der Waals surface area contributed by atoms with E-state index in [-0.39, 0.29) is 5.54 Å². The van der Waals surface area contributed by atoms with Gasteiger partial charge in [-0.1, -0.05) is 0 Å². The molecule has 1 N–H and O–H groups in total. The van der Waals surface area contributed by atoms with Gasteiger partial charge >= 0.3 is 0 Å². The third-order valence-electron chi connectivity index (χ3n) is 3.74. The van der Waals surface area contributed by atoms with Gasteiger partial charge in [-0.25, -0.2) is 0 Å². The molecule has 1 aromatic rings. The van der Waals surface area contributed by atoms with Crippen molar-refractivity contribution < 1.29 is 4.42 Å². The molecule has 0 aromatic carbocycles. The standard InChI is InChI=1S/C17H30N2OS/c1-13-9-14(20-15(13)10-18-16(2,3)4)11-19-7-8-21-17(5,6)12-19/h9,18H,7-8,10-12H2,1-6H3. The lowest BCUT2D eigenvalue weighted by Gasteiger charge is -2.37. The van der Waals surface area contributed by atoms with Crippen LogP contribution in [0.25, 0.3) is 0 Å². The van der Waals surface area contributed by atoms with E-state index in [0.717, 1.165) is 37.7 Å². The molecule has 1 saturated heterocycles. The summed E-state index contributed by atoms with van der Waals surface area (Å²) < 4.78 is 6.43. The number of hydrogen-bond donors (Lipinski definition) is 1. The highest BCUT2D eigenvalue weighted by Crippen LogP contribution is 2.30. The monoisotopic (exact) mass is 310 g/mol. The Hall–Kier alpha value is -0.450. The second-order valence-electron chi connectivity index (χ2n) is 7.74. The summed E-state index contributed by atoms with van der Waals surface area (Å²) in [6.07, 6.45) is 0. The van der Waals surface area contributed by atoms with Crippen molar-refractivity contribution >= 4 is 11.8 Å². The van der Waals surface area contributed by atoms with E-state index in [4.69, 9.17) is 4.42 Å². The van der Waals surface area contributed by atoms with Gasteiger partial charge in [0.15, 0.2) is 0 Å². The zero-order chi connectivity index (χ0) is 15.7. The zero-order valence-corrected chi connectivity index (χ0v) is 15.2. The molecule has 3 nitrogen and oxygen atoms in total. The van der Waals surface area contributed by atoms with Gasteiger partial charge in [0.05, 0.1) is 13.1 Å². The number of thioether (sulfide) groups is 1. The largest absolute Gasteiger partial charge is 0.463 e. The van der Waals surface area contributed by atoms with E-state index in [1.54, 1.807) is 0 Å². The van der Waals surface area contributed by atoms with Crippen molar-refractivity contribution in [1.82, 2.24) is 10.2 Å². The third-order valence-corrected chi connectivity index (χ3v) is 5.03. The molecule has 0 unspecified atom stereocenters. The summed E-state index contributed by atoms with van der Waals surface area (Å²) in [6.45, 7) is 17.4. The van der Waals surface area contributed by atoms with Gasteiger partial charge in [0, 0.05) is 29.1 Å². The highest BCUT2D eigenvalue weighted by atomic mass is 32.2. The van der Waals surface area contributed by atoms with Crippen LogP contribution in [0.1, 0.15) is 51.7 Å². The molecule has 0 bridgehead atoms. The summed E-state index contributed by atoms with van der Waals surface area (Å²) in [6, 6.07) is 2.20. The summed E-state index contributed by atoms with van der Waals surface area (Å²) in [5.74, 6) is 3.39. The Morgan fingerprint density at radius 1 is 1.38 bits per heavy atom. The van der Waals surface area contributed by atoms with Crippen molar-refractivity contribution in [2.75, 3.05) is 18.8 Å². The smallest absolute Gasteiger partial charge is 0.120 e. The lowest BCUT2D eigenvalue weighted by Crippen LogP contribution is -2.42. The molecular weight excluding hydrogens is 280 g/mol. The maximum absolute atomic E-state index is 6.07. The summed E-state index contributed by atoms with van der Waals surface area (Å²) in [7, 11) is 0. The molecule has 1 aliphatic rings. The predicted octanol–water partition coefficient (Wildman–Crippen LogP) is 3.80. The first kappa shape index (κ1) is 16.9. The molecule has 120 valence electrons. The number of rotatable bonds is 4. The highest BCUT2D eigenvalue weighted by Gasteiger charge is 2.27. The SMILES string of the molecule is Cc1cc(CN2CCSC(C)(C)C2)oc1CNC(C)(C)C. The van der Waals surface area contributed by atoms with Crippen molar-refractivity contribution in [1.29, 1.82) is 0 Å². The molecular formula is C17H30N2OS. The van der Waals surface area contributed by atoms with E-state index in [1.807, 2.05) is 0 Å². The summed E-state index contributed by atoms with van der Waals surface area (Å²) >= 11 is 2.07. The van der Waals surface area contributed by atoms with Crippen LogP contribution in [0.4, 0.5) is 0 Å². The van der Waals surface area contributed by atoms with Crippen molar-refractivity contribution in [3.63, 3.8) is 0 Å². The number of aryl methyl sites for hydroxylation is 1. The fourth-order valence-corrected chi connectivity index (χ4v) is 3.83. The predicted molar refractivity (Wildman–Crippen MR) is 91.9 cm³/mol. The van der Waals surface area contributed by atoms with Gasteiger partial charge in [-0.3, -0.25) is 4.90 Å². The van der Waals surface area contributed by atoms with Crippen LogP contribution in [-0.4, -0.2) is 34.0 Å². The average molecular weight is 311 g/mol. The minimum Gasteiger partial charge on any atom is -0.463 e. The Kier molecular flexibility index (Phi) is 5.11. The van der Waals surface area contributed by atoms with Gasteiger partial charge in [-0.2, -0.15) is 11.8 Å². The molecule has 1 aromatic heterocycles. The van der Waals surface area contributed by atoms with Gasteiger partial charge in [0.25, 0.3) is 0 Å². The van der Waals surface area contributed by atoms with Crippen molar-refractivity contribution in [3.05, 3.63) is 23.2 Å². The van der Waals surface area contributed by atoms with E-state index in [2.05, 4.69) is 69.6 Å². The van der Waals surface area contributed by atoms with Crippen LogP contribution in [0, 0.1) is 6.92 Å². The Morgan fingerprint density at radius 2 is 2.10 bits per heavy atom. The van der Waals surface area contributed by atoms with Crippen LogP contribution in [0.5, 0.6) is 0 Å². The fourth-order valence-electron chi connectivity index (χ4n) is 2.66. The lowest BCUT2D eigenvalue weighted by atomic mass is 10.1. The normalized spacial score (nSPS) is 19.9. The number of nitrogens with zero attached hydrogens (tertiary/aromatic N) is 1. The molecule has 21 heavy (non-hydrogen) atoms. The first-order valence-corrected chi connectivity index (χ1v) is 8.83. The molecule has 0 atom stereocenters. The Labute approximate surface area is 133 Å². The van der Waals surface area contributed by atoms with Crippen LogP contribution >= 0.6 is 11.8 Å². The quantitative estimate of drug-likeness (QED) is 0.915. The first-order chi connectivity index (χ1) is 9.65. The van der Waals surface area contributed by atoms with E-state index in [0.29, 0.717) is 4.75 Å². The maximum atomic E-state index is 6.07. The number of nitrogens with one attached hydrogen (secondary N) is 1. The first-order valence-electron chi connectivity index (χ1n) is 7.84. The topological polar surface area (TPSA) is 28.4 Å². The van der Waals surface area contributed by atoms with Gasteiger partial charge in [0.2, 0.25) is 0 Å². The molecule has 0 aliphatic carbocycles. The fraction of sp³-hybridized carbons (Fsp3) is 0.765. The molecule has 0 saturated carbocycles. The molecule has 0 amide bonds. The average Bonchev–Trinajstić information content (AvgIpc) is 2.64. The van der Waals surface area contributed by atoms with E-state index in [9.17, 15) is 0 Å². The van der Waals surface area contributed by atoms with E-state index >= 15 is 0 Å². The summed E-state index contributed by atoms with van der Waals surface area (Å²) in [4.78, 5) is 2.51. The molecule has 1 aliphatic heterocycles. The maximum Gasteiger partial charge on any atom is 0.120 e. The van der Waals surface area contributed by atoms with Gasteiger partial charge in [0.1, 0.15) is 11.5 Å². The summed E-state index contributed by atoms with van der Waals surface area (Å²) in [5, 5.41) is 3.50. The molecule has 2 heterocycles.